The number of hydrogen-bond acceptors (Lipinski definition) is 3. The molecule has 19 heavy (non-hydrogen) atoms. The first-order valence-electron chi connectivity index (χ1n) is 7.90. The van der Waals surface area contributed by atoms with E-state index >= 15 is 0 Å². The molecule has 0 aromatic carbocycles. The Hall–Kier alpha value is -0.610. The number of nitrogens with two attached hydrogens (primary N) is 1. The summed E-state index contributed by atoms with van der Waals surface area (Å²) in [5, 5.41) is 0. The fraction of sp³-hybridized carbons (Fsp3) is 0.933. The fourth-order valence-electron chi connectivity index (χ4n) is 3.65. The molecule has 0 aromatic heterocycles. The molecule has 2 aliphatic rings. The summed E-state index contributed by atoms with van der Waals surface area (Å²) >= 11 is 0. The average molecular weight is 267 g/mol. The molecule has 2 N–H and O–H groups in total. The Morgan fingerprint density at radius 3 is 2.53 bits per heavy atom. The van der Waals surface area contributed by atoms with Crippen LogP contribution in [-0.2, 0) is 4.79 Å². The van der Waals surface area contributed by atoms with Crippen molar-refractivity contribution < 1.29 is 4.79 Å². The van der Waals surface area contributed by atoms with Crippen LogP contribution in [0.25, 0.3) is 0 Å². The normalized spacial score (nSPS) is 25.2. The van der Waals surface area contributed by atoms with E-state index < -0.39 is 0 Å². The van der Waals surface area contributed by atoms with E-state index in [9.17, 15) is 4.79 Å². The Morgan fingerprint density at radius 2 is 1.89 bits per heavy atom. The molecule has 2 rings (SSSR count). The van der Waals surface area contributed by atoms with Crippen LogP contribution in [0.3, 0.4) is 0 Å². The van der Waals surface area contributed by atoms with Gasteiger partial charge in [0.2, 0.25) is 5.91 Å². The summed E-state index contributed by atoms with van der Waals surface area (Å²) in [5.74, 6) is 0.300. The van der Waals surface area contributed by atoms with Gasteiger partial charge in [0.1, 0.15) is 0 Å². The van der Waals surface area contributed by atoms with Gasteiger partial charge in [-0.1, -0.05) is 13.8 Å². The number of amides is 1. The molecule has 2 aliphatic heterocycles. The second-order valence-electron chi connectivity index (χ2n) is 6.13. The lowest BCUT2D eigenvalue weighted by atomic mass is 9.81. The minimum Gasteiger partial charge on any atom is -0.341 e. The Kier molecular flexibility index (Phi) is 4.85. The molecule has 1 unspecified atom stereocenters. The third-order valence-corrected chi connectivity index (χ3v) is 5.29. The first kappa shape index (κ1) is 14.8. The van der Waals surface area contributed by atoms with Crippen LogP contribution in [0.15, 0.2) is 0 Å². The van der Waals surface area contributed by atoms with Crippen LogP contribution in [-0.4, -0.2) is 54.5 Å². The molecule has 110 valence electrons. The summed E-state index contributed by atoms with van der Waals surface area (Å²) in [6.07, 6.45) is 5.34. The van der Waals surface area contributed by atoms with Crippen molar-refractivity contribution in [3.05, 3.63) is 0 Å². The van der Waals surface area contributed by atoms with Crippen LogP contribution >= 0.6 is 0 Å². The molecular weight excluding hydrogens is 238 g/mol. The largest absolute Gasteiger partial charge is 0.341 e. The van der Waals surface area contributed by atoms with Crippen molar-refractivity contribution in [2.75, 3.05) is 32.7 Å². The smallest absolute Gasteiger partial charge is 0.230 e. The summed E-state index contributed by atoms with van der Waals surface area (Å²) < 4.78 is 0. The predicted molar refractivity (Wildman–Crippen MR) is 77.9 cm³/mol. The summed E-state index contributed by atoms with van der Waals surface area (Å²) in [6, 6.07) is 0.593. The van der Waals surface area contributed by atoms with Crippen molar-refractivity contribution in [2.45, 2.75) is 52.0 Å². The van der Waals surface area contributed by atoms with Gasteiger partial charge in [0, 0.05) is 32.2 Å². The first-order chi connectivity index (χ1) is 9.16. The predicted octanol–water partition coefficient (Wildman–Crippen LogP) is 1.45. The molecule has 0 spiro atoms. The third kappa shape index (κ3) is 2.79. The van der Waals surface area contributed by atoms with Crippen molar-refractivity contribution in [3.63, 3.8) is 0 Å². The molecular formula is C15H29N3O. The van der Waals surface area contributed by atoms with Gasteiger partial charge in [-0.05, 0) is 38.6 Å². The summed E-state index contributed by atoms with van der Waals surface area (Å²) in [4.78, 5) is 17.6. The van der Waals surface area contributed by atoms with Crippen molar-refractivity contribution in [1.29, 1.82) is 0 Å². The zero-order valence-electron chi connectivity index (χ0n) is 12.5. The maximum atomic E-state index is 12.9. The molecule has 1 amide bonds. The van der Waals surface area contributed by atoms with E-state index in [4.69, 9.17) is 5.73 Å². The van der Waals surface area contributed by atoms with E-state index in [1.807, 2.05) is 0 Å². The van der Waals surface area contributed by atoms with Crippen molar-refractivity contribution >= 4 is 5.91 Å². The van der Waals surface area contributed by atoms with Crippen LogP contribution in [0, 0.1) is 5.41 Å². The lowest BCUT2D eigenvalue weighted by molar-refractivity contribution is -0.142. The monoisotopic (exact) mass is 267 g/mol. The molecule has 0 saturated carbocycles. The molecule has 0 aromatic rings. The van der Waals surface area contributed by atoms with Gasteiger partial charge in [-0.15, -0.1) is 0 Å². The standard InChI is InChI=1S/C15H29N3O/c1-3-15(4-2,12-16)14(19)18-10-6-9-17-8-5-7-13(17)11-18/h13H,3-12,16H2,1-2H3. The van der Waals surface area contributed by atoms with Crippen LogP contribution in [0.1, 0.15) is 46.0 Å². The van der Waals surface area contributed by atoms with E-state index in [-0.39, 0.29) is 5.41 Å². The Bertz CT molecular complexity index is 306. The zero-order chi connectivity index (χ0) is 13.9. The SMILES string of the molecule is CCC(CC)(CN)C(=O)N1CCCN2CCCC2C1. The van der Waals surface area contributed by atoms with Gasteiger partial charge < -0.3 is 10.6 Å². The number of nitrogens with zero attached hydrogens (tertiary/aromatic N) is 2. The van der Waals surface area contributed by atoms with Gasteiger partial charge >= 0.3 is 0 Å². The second kappa shape index (κ2) is 6.23. The topological polar surface area (TPSA) is 49.6 Å². The van der Waals surface area contributed by atoms with Crippen LogP contribution in [0.5, 0.6) is 0 Å². The maximum absolute atomic E-state index is 12.9. The summed E-state index contributed by atoms with van der Waals surface area (Å²) in [6.45, 7) is 8.86. The highest BCUT2D eigenvalue weighted by Gasteiger charge is 2.39. The zero-order valence-corrected chi connectivity index (χ0v) is 12.5. The lowest BCUT2D eigenvalue weighted by Gasteiger charge is -2.36. The Morgan fingerprint density at radius 1 is 1.21 bits per heavy atom. The molecule has 4 nitrogen and oxygen atoms in total. The number of carbonyl (C=O) groups excluding carboxylic acids is 1. The van der Waals surface area contributed by atoms with Crippen molar-refractivity contribution in [1.82, 2.24) is 9.80 Å². The fourth-order valence-corrected chi connectivity index (χ4v) is 3.65. The molecule has 4 heteroatoms. The first-order valence-corrected chi connectivity index (χ1v) is 7.90. The molecule has 2 saturated heterocycles. The number of fused-ring (bicyclic) bond motifs is 1. The quantitative estimate of drug-likeness (QED) is 0.838. The minimum atomic E-state index is -0.326. The molecule has 0 aliphatic carbocycles. The number of rotatable bonds is 4. The number of carbonyl (C=O) groups is 1. The van der Waals surface area contributed by atoms with Crippen LogP contribution < -0.4 is 5.73 Å². The molecule has 2 fully saturated rings. The highest BCUT2D eigenvalue weighted by atomic mass is 16.2. The van der Waals surface area contributed by atoms with E-state index in [0.29, 0.717) is 18.5 Å². The van der Waals surface area contributed by atoms with E-state index in [1.54, 1.807) is 0 Å². The third-order valence-electron chi connectivity index (χ3n) is 5.29. The maximum Gasteiger partial charge on any atom is 0.230 e. The summed E-state index contributed by atoms with van der Waals surface area (Å²) in [7, 11) is 0. The Labute approximate surface area is 117 Å². The Balaban J connectivity index is 2.09. The van der Waals surface area contributed by atoms with E-state index in [1.165, 1.54) is 19.4 Å². The molecule has 1 atom stereocenters. The second-order valence-corrected chi connectivity index (χ2v) is 6.13. The van der Waals surface area contributed by atoms with E-state index in [2.05, 4.69) is 23.6 Å². The average Bonchev–Trinajstić information content (AvgIpc) is 2.78. The van der Waals surface area contributed by atoms with Gasteiger partial charge in [0.05, 0.1) is 5.41 Å². The van der Waals surface area contributed by atoms with Gasteiger partial charge in [0.25, 0.3) is 0 Å². The molecule has 0 radical (unpaired) electrons. The van der Waals surface area contributed by atoms with Gasteiger partial charge in [-0.3, -0.25) is 9.69 Å². The number of hydrogen-bond donors (Lipinski definition) is 1. The van der Waals surface area contributed by atoms with E-state index in [0.717, 1.165) is 38.9 Å². The van der Waals surface area contributed by atoms with Gasteiger partial charge in [-0.25, -0.2) is 0 Å². The lowest BCUT2D eigenvalue weighted by Crippen LogP contribution is -2.50. The van der Waals surface area contributed by atoms with Gasteiger partial charge in [-0.2, -0.15) is 0 Å². The van der Waals surface area contributed by atoms with Crippen molar-refractivity contribution in [2.24, 2.45) is 11.1 Å². The molecule has 2 heterocycles. The molecule has 0 bridgehead atoms. The van der Waals surface area contributed by atoms with Crippen molar-refractivity contribution in [3.8, 4) is 0 Å². The van der Waals surface area contributed by atoms with Crippen LogP contribution in [0.2, 0.25) is 0 Å². The highest BCUT2D eigenvalue weighted by Crippen LogP contribution is 2.30. The minimum absolute atomic E-state index is 0.300. The van der Waals surface area contributed by atoms with Gasteiger partial charge in [0.15, 0.2) is 0 Å². The summed E-state index contributed by atoms with van der Waals surface area (Å²) in [5.41, 5.74) is 5.60. The van der Waals surface area contributed by atoms with Crippen LogP contribution in [0.4, 0.5) is 0 Å². The highest BCUT2D eigenvalue weighted by molar-refractivity contribution is 5.83.